The third-order valence-corrected chi connectivity index (χ3v) is 3.27. The summed E-state index contributed by atoms with van der Waals surface area (Å²) in [5.41, 5.74) is 5.67. The van der Waals surface area contributed by atoms with Crippen LogP contribution >= 0.6 is 0 Å². The summed E-state index contributed by atoms with van der Waals surface area (Å²) in [7, 11) is 0. The van der Waals surface area contributed by atoms with Crippen molar-refractivity contribution in [3.63, 3.8) is 0 Å². The molecule has 1 aromatic rings. The predicted molar refractivity (Wildman–Crippen MR) is 65.9 cm³/mol. The standard InChI is InChI=1S/C12H20N4O2/c1-9-3-2-4-10(7-9)18-12(17)11-8-16(6-5-13)15-14-11/h8-10H,2-7,13H2,1H3. The molecule has 1 fully saturated rings. The highest BCUT2D eigenvalue weighted by atomic mass is 16.5. The fourth-order valence-electron chi connectivity index (χ4n) is 2.33. The summed E-state index contributed by atoms with van der Waals surface area (Å²) in [6, 6.07) is 0. The summed E-state index contributed by atoms with van der Waals surface area (Å²) in [6.45, 7) is 3.22. The van der Waals surface area contributed by atoms with Gasteiger partial charge in [-0.15, -0.1) is 5.10 Å². The van der Waals surface area contributed by atoms with Gasteiger partial charge in [-0.05, 0) is 25.2 Å². The minimum Gasteiger partial charge on any atom is -0.458 e. The van der Waals surface area contributed by atoms with Gasteiger partial charge in [-0.25, -0.2) is 4.79 Å². The lowest BCUT2D eigenvalue weighted by Gasteiger charge is -2.26. The molecular formula is C12H20N4O2. The molecule has 1 aromatic heterocycles. The van der Waals surface area contributed by atoms with Crippen LogP contribution in [0.1, 0.15) is 43.1 Å². The van der Waals surface area contributed by atoms with E-state index in [0.717, 1.165) is 19.3 Å². The second-order valence-corrected chi connectivity index (χ2v) is 4.95. The smallest absolute Gasteiger partial charge is 0.360 e. The van der Waals surface area contributed by atoms with E-state index in [1.165, 1.54) is 6.42 Å². The minimum absolute atomic E-state index is 0.0286. The van der Waals surface area contributed by atoms with E-state index >= 15 is 0 Å². The molecule has 18 heavy (non-hydrogen) atoms. The largest absolute Gasteiger partial charge is 0.458 e. The van der Waals surface area contributed by atoms with Gasteiger partial charge in [0, 0.05) is 6.54 Å². The maximum Gasteiger partial charge on any atom is 0.360 e. The Morgan fingerprint density at radius 1 is 1.61 bits per heavy atom. The van der Waals surface area contributed by atoms with Crippen molar-refractivity contribution < 1.29 is 9.53 Å². The third-order valence-electron chi connectivity index (χ3n) is 3.27. The molecule has 2 unspecified atom stereocenters. The van der Waals surface area contributed by atoms with Gasteiger partial charge in [0.25, 0.3) is 0 Å². The molecule has 0 amide bonds. The van der Waals surface area contributed by atoms with Gasteiger partial charge in [-0.2, -0.15) is 0 Å². The van der Waals surface area contributed by atoms with Gasteiger partial charge in [-0.3, -0.25) is 4.68 Å². The number of nitrogens with two attached hydrogens (primary N) is 1. The number of ether oxygens (including phenoxy) is 1. The van der Waals surface area contributed by atoms with Crippen LogP contribution in [0.3, 0.4) is 0 Å². The Labute approximate surface area is 106 Å². The van der Waals surface area contributed by atoms with Crippen molar-refractivity contribution in [1.82, 2.24) is 15.0 Å². The molecule has 1 heterocycles. The van der Waals surface area contributed by atoms with Crippen LogP contribution in [0.2, 0.25) is 0 Å². The van der Waals surface area contributed by atoms with Crippen molar-refractivity contribution in [3.8, 4) is 0 Å². The SMILES string of the molecule is CC1CCCC(OC(=O)c2cn(CCN)nn2)C1. The molecule has 1 aliphatic rings. The molecule has 100 valence electrons. The summed E-state index contributed by atoms with van der Waals surface area (Å²) in [5, 5.41) is 7.62. The van der Waals surface area contributed by atoms with E-state index in [0.29, 0.717) is 19.0 Å². The quantitative estimate of drug-likeness (QED) is 0.807. The van der Waals surface area contributed by atoms with E-state index in [1.54, 1.807) is 10.9 Å². The van der Waals surface area contributed by atoms with Crippen LogP contribution in [0.25, 0.3) is 0 Å². The van der Waals surface area contributed by atoms with Crippen LogP contribution in [0.15, 0.2) is 6.20 Å². The number of aromatic nitrogens is 3. The number of hydrogen-bond acceptors (Lipinski definition) is 5. The molecular weight excluding hydrogens is 232 g/mol. The van der Waals surface area contributed by atoms with Crippen LogP contribution in [0.5, 0.6) is 0 Å². The fourth-order valence-corrected chi connectivity index (χ4v) is 2.33. The highest BCUT2D eigenvalue weighted by Crippen LogP contribution is 2.26. The monoisotopic (exact) mass is 252 g/mol. The second kappa shape index (κ2) is 5.95. The Balaban J connectivity index is 1.90. The number of esters is 1. The van der Waals surface area contributed by atoms with E-state index in [2.05, 4.69) is 17.2 Å². The van der Waals surface area contributed by atoms with Crippen LogP contribution < -0.4 is 5.73 Å². The van der Waals surface area contributed by atoms with Crippen LogP contribution in [-0.4, -0.2) is 33.6 Å². The van der Waals surface area contributed by atoms with Crippen molar-refractivity contribution in [1.29, 1.82) is 0 Å². The van der Waals surface area contributed by atoms with Crippen LogP contribution in [0, 0.1) is 5.92 Å². The molecule has 2 N–H and O–H groups in total. The Morgan fingerprint density at radius 2 is 2.44 bits per heavy atom. The summed E-state index contributed by atoms with van der Waals surface area (Å²) >= 11 is 0. The second-order valence-electron chi connectivity index (χ2n) is 4.95. The predicted octanol–water partition coefficient (Wildman–Crippen LogP) is 0.972. The first kappa shape index (κ1) is 13.0. The van der Waals surface area contributed by atoms with Gasteiger partial charge in [0.1, 0.15) is 6.10 Å². The zero-order valence-electron chi connectivity index (χ0n) is 10.7. The molecule has 6 heteroatoms. The Kier molecular flexibility index (Phi) is 4.30. The lowest BCUT2D eigenvalue weighted by molar-refractivity contribution is 0.0148. The summed E-state index contributed by atoms with van der Waals surface area (Å²) in [6.07, 6.45) is 5.86. The van der Waals surface area contributed by atoms with Gasteiger partial charge in [-0.1, -0.05) is 18.6 Å². The molecule has 0 spiro atoms. The van der Waals surface area contributed by atoms with E-state index in [1.807, 2.05) is 0 Å². The average Bonchev–Trinajstić information content (AvgIpc) is 2.78. The normalized spacial score (nSPS) is 23.9. The van der Waals surface area contributed by atoms with Crippen LogP contribution in [0.4, 0.5) is 0 Å². The molecule has 0 radical (unpaired) electrons. The maximum atomic E-state index is 11.9. The zero-order valence-corrected chi connectivity index (χ0v) is 10.7. The number of nitrogens with zero attached hydrogens (tertiary/aromatic N) is 3. The van der Waals surface area contributed by atoms with Crippen molar-refractivity contribution in [2.24, 2.45) is 11.7 Å². The Morgan fingerprint density at radius 3 is 3.17 bits per heavy atom. The highest BCUT2D eigenvalue weighted by molar-refractivity contribution is 5.86. The highest BCUT2D eigenvalue weighted by Gasteiger charge is 2.23. The summed E-state index contributed by atoms with van der Waals surface area (Å²) < 4.78 is 7.01. The molecule has 0 bridgehead atoms. The molecule has 0 saturated heterocycles. The third kappa shape index (κ3) is 3.29. The first-order valence-electron chi connectivity index (χ1n) is 6.50. The first-order chi connectivity index (χ1) is 8.69. The first-order valence-corrected chi connectivity index (χ1v) is 6.50. The maximum absolute atomic E-state index is 11.9. The summed E-state index contributed by atoms with van der Waals surface area (Å²) in [5.74, 6) is 0.252. The lowest BCUT2D eigenvalue weighted by atomic mass is 9.89. The molecule has 1 aliphatic carbocycles. The molecule has 1 saturated carbocycles. The van der Waals surface area contributed by atoms with Crippen molar-refractivity contribution >= 4 is 5.97 Å². The zero-order chi connectivity index (χ0) is 13.0. The van der Waals surface area contributed by atoms with E-state index in [-0.39, 0.29) is 17.8 Å². The molecule has 0 aromatic carbocycles. The van der Waals surface area contributed by atoms with E-state index in [9.17, 15) is 4.79 Å². The van der Waals surface area contributed by atoms with E-state index in [4.69, 9.17) is 10.5 Å². The Bertz CT molecular complexity index is 405. The van der Waals surface area contributed by atoms with Gasteiger partial charge in [0.2, 0.25) is 0 Å². The summed E-state index contributed by atoms with van der Waals surface area (Å²) in [4.78, 5) is 11.9. The minimum atomic E-state index is -0.377. The van der Waals surface area contributed by atoms with Gasteiger partial charge < -0.3 is 10.5 Å². The number of carbonyl (C=O) groups is 1. The molecule has 2 atom stereocenters. The lowest BCUT2D eigenvalue weighted by Crippen LogP contribution is -2.24. The van der Waals surface area contributed by atoms with Crippen molar-refractivity contribution in [2.75, 3.05) is 6.54 Å². The van der Waals surface area contributed by atoms with E-state index < -0.39 is 0 Å². The van der Waals surface area contributed by atoms with Crippen LogP contribution in [-0.2, 0) is 11.3 Å². The average molecular weight is 252 g/mol. The Hall–Kier alpha value is -1.43. The van der Waals surface area contributed by atoms with Gasteiger partial charge >= 0.3 is 5.97 Å². The number of rotatable bonds is 4. The number of hydrogen-bond donors (Lipinski definition) is 1. The van der Waals surface area contributed by atoms with Crippen molar-refractivity contribution in [2.45, 2.75) is 45.3 Å². The molecule has 6 nitrogen and oxygen atoms in total. The molecule has 2 rings (SSSR count). The topological polar surface area (TPSA) is 83.0 Å². The number of carbonyl (C=O) groups excluding carboxylic acids is 1. The fraction of sp³-hybridized carbons (Fsp3) is 0.750. The molecule has 0 aliphatic heterocycles. The van der Waals surface area contributed by atoms with Gasteiger partial charge in [0.05, 0.1) is 12.7 Å². The van der Waals surface area contributed by atoms with Gasteiger partial charge in [0.15, 0.2) is 5.69 Å². The van der Waals surface area contributed by atoms with Crippen molar-refractivity contribution in [3.05, 3.63) is 11.9 Å².